The van der Waals surface area contributed by atoms with Crippen molar-refractivity contribution in [1.82, 2.24) is 4.98 Å². The predicted octanol–water partition coefficient (Wildman–Crippen LogP) is 4.94. The average molecular weight is 303 g/mol. The van der Waals surface area contributed by atoms with Crippen molar-refractivity contribution in [3.05, 3.63) is 77.0 Å². The summed E-state index contributed by atoms with van der Waals surface area (Å²) in [6.07, 6.45) is 4.36. The van der Waals surface area contributed by atoms with Gasteiger partial charge in [0.1, 0.15) is 5.75 Å². The van der Waals surface area contributed by atoms with Crippen LogP contribution in [0.1, 0.15) is 35.1 Å². The summed E-state index contributed by atoms with van der Waals surface area (Å²) in [5.74, 6) is 1.35. The van der Waals surface area contributed by atoms with Gasteiger partial charge in [-0.3, -0.25) is 0 Å². The molecule has 0 bridgehead atoms. The smallest absolute Gasteiger partial charge is 0.119 e. The number of H-pyrrole nitrogens is 1. The highest BCUT2D eigenvalue weighted by atomic mass is 16.5. The van der Waals surface area contributed by atoms with Crippen LogP contribution in [0.15, 0.2) is 54.7 Å². The summed E-state index contributed by atoms with van der Waals surface area (Å²) in [6, 6.07) is 17.1. The maximum Gasteiger partial charge on any atom is 0.119 e. The third-order valence-electron chi connectivity index (χ3n) is 5.01. The Morgan fingerprint density at radius 3 is 2.65 bits per heavy atom. The quantitative estimate of drug-likeness (QED) is 0.728. The molecular formula is C21H21NO. The number of aryl methyl sites for hydroxylation is 1. The van der Waals surface area contributed by atoms with Gasteiger partial charge in [-0.25, -0.2) is 0 Å². The van der Waals surface area contributed by atoms with Gasteiger partial charge in [0.25, 0.3) is 0 Å². The lowest BCUT2D eigenvalue weighted by Gasteiger charge is -2.20. The van der Waals surface area contributed by atoms with Gasteiger partial charge >= 0.3 is 0 Å². The molecule has 2 aromatic carbocycles. The van der Waals surface area contributed by atoms with E-state index >= 15 is 0 Å². The molecular weight excluding hydrogens is 282 g/mol. The van der Waals surface area contributed by atoms with Crippen LogP contribution in [0.2, 0.25) is 0 Å². The fourth-order valence-corrected chi connectivity index (χ4v) is 3.69. The van der Waals surface area contributed by atoms with E-state index in [2.05, 4.69) is 66.6 Å². The largest absolute Gasteiger partial charge is 0.497 e. The molecule has 2 nitrogen and oxygen atoms in total. The molecule has 1 heterocycles. The molecule has 0 saturated carbocycles. The molecule has 1 aromatic heterocycles. The van der Waals surface area contributed by atoms with Crippen LogP contribution < -0.4 is 4.74 Å². The molecule has 116 valence electrons. The van der Waals surface area contributed by atoms with E-state index in [0.29, 0.717) is 5.92 Å². The van der Waals surface area contributed by atoms with E-state index in [0.717, 1.165) is 18.6 Å². The number of fused-ring (bicyclic) bond motifs is 3. The number of benzene rings is 2. The Kier molecular flexibility index (Phi) is 3.45. The third kappa shape index (κ3) is 2.35. The molecule has 0 fully saturated rings. The summed E-state index contributed by atoms with van der Waals surface area (Å²) in [5.41, 5.74) is 8.24. The second-order valence-corrected chi connectivity index (χ2v) is 6.25. The van der Waals surface area contributed by atoms with Crippen molar-refractivity contribution in [2.45, 2.75) is 25.7 Å². The lowest BCUT2D eigenvalue weighted by atomic mass is 9.84. The highest BCUT2D eigenvalue weighted by Crippen LogP contribution is 2.39. The standard InChI is InChI=1S/C21H21NO/c1-14(15-6-4-3-5-7-15)20-13-22-21-18-11-9-17(23-2)12-16(18)8-10-19(20)21/h3-7,9,11-14,22H,8,10H2,1-2H3. The van der Waals surface area contributed by atoms with Gasteiger partial charge in [0, 0.05) is 23.4 Å². The molecule has 1 aliphatic rings. The minimum atomic E-state index is 0.413. The molecule has 3 aromatic rings. The van der Waals surface area contributed by atoms with E-state index in [-0.39, 0.29) is 0 Å². The zero-order valence-corrected chi connectivity index (χ0v) is 13.6. The van der Waals surface area contributed by atoms with Crippen LogP contribution in [0.5, 0.6) is 5.75 Å². The Balaban J connectivity index is 1.76. The summed E-state index contributed by atoms with van der Waals surface area (Å²) < 4.78 is 5.36. The van der Waals surface area contributed by atoms with E-state index in [1.54, 1.807) is 7.11 Å². The fourth-order valence-electron chi connectivity index (χ4n) is 3.69. The highest BCUT2D eigenvalue weighted by molar-refractivity contribution is 5.72. The minimum Gasteiger partial charge on any atom is -0.497 e. The predicted molar refractivity (Wildman–Crippen MR) is 94.1 cm³/mol. The Morgan fingerprint density at radius 2 is 1.87 bits per heavy atom. The summed E-state index contributed by atoms with van der Waals surface area (Å²) in [7, 11) is 1.73. The van der Waals surface area contributed by atoms with Crippen molar-refractivity contribution in [3.63, 3.8) is 0 Å². The van der Waals surface area contributed by atoms with Crippen molar-refractivity contribution < 1.29 is 4.74 Å². The summed E-state index contributed by atoms with van der Waals surface area (Å²) in [5, 5.41) is 0. The number of aromatic amines is 1. The van der Waals surface area contributed by atoms with Gasteiger partial charge < -0.3 is 9.72 Å². The summed E-state index contributed by atoms with van der Waals surface area (Å²) in [4.78, 5) is 3.53. The van der Waals surface area contributed by atoms with Crippen molar-refractivity contribution in [2.24, 2.45) is 0 Å². The Bertz CT molecular complexity index is 832. The molecule has 0 aliphatic heterocycles. The van der Waals surface area contributed by atoms with Crippen molar-refractivity contribution in [2.75, 3.05) is 7.11 Å². The second kappa shape index (κ2) is 5.62. The molecule has 1 atom stereocenters. The molecule has 0 amide bonds. The molecule has 0 radical (unpaired) electrons. The maximum atomic E-state index is 5.36. The van der Waals surface area contributed by atoms with E-state index in [4.69, 9.17) is 4.74 Å². The average Bonchev–Trinajstić information content (AvgIpc) is 3.05. The Labute approximate surface area is 137 Å². The molecule has 23 heavy (non-hydrogen) atoms. The van der Waals surface area contributed by atoms with Crippen LogP contribution in [0.4, 0.5) is 0 Å². The molecule has 0 spiro atoms. The topological polar surface area (TPSA) is 25.0 Å². The summed E-state index contributed by atoms with van der Waals surface area (Å²) >= 11 is 0. The SMILES string of the molecule is COc1ccc2c(c1)CCc1c(C(C)c3ccccc3)c[nH]c1-2. The van der Waals surface area contributed by atoms with Gasteiger partial charge in [-0.2, -0.15) is 0 Å². The van der Waals surface area contributed by atoms with E-state index in [9.17, 15) is 0 Å². The normalized spacial score (nSPS) is 14.0. The van der Waals surface area contributed by atoms with Crippen LogP contribution in [0.3, 0.4) is 0 Å². The maximum absolute atomic E-state index is 5.36. The number of ether oxygens (including phenoxy) is 1. The van der Waals surface area contributed by atoms with Crippen molar-refractivity contribution in [3.8, 4) is 17.0 Å². The number of hydrogen-bond donors (Lipinski definition) is 1. The molecule has 1 N–H and O–H groups in total. The third-order valence-corrected chi connectivity index (χ3v) is 5.01. The van der Waals surface area contributed by atoms with Crippen LogP contribution >= 0.6 is 0 Å². The first-order valence-corrected chi connectivity index (χ1v) is 8.20. The molecule has 1 unspecified atom stereocenters. The first-order valence-electron chi connectivity index (χ1n) is 8.20. The lowest BCUT2D eigenvalue weighted by molar-refractivity contribution is 0.414. The van der Waals surface area contributed by atoms with Gasteiger partial charge in [-0.05, 0) is 53.3 Å². The monoisotopic (exact) mass is 303 g/mol. The Hall–Kier alpha value is -2.48. The zero-order valence-electron chi connectivity index (χ0n) is 13.6. The van der Waals surface area contributed by atoms with E-state index < -0.39 is 0 Å². The molecule has 1 aliphatic carbocycles. The minimum absolute atomic E-state index is 0.413. The summed E-state index contributed by atoms with van der Waals surface area (Å²) in [6.45, 7) is 2.29. The number of rotatable bonds is 3. The van der Waals surface area contributed by atoms with Crippen LogP contribution in [0, 0.1) is 0 Å². The van der Waals surface area contributed by atoms with Crippen molar-refractivity contribution >= 4 is 0 Å². The van der Waals surface area contributed by atoms with Crippen LogP contribution in [-0.4, -0.2) is 12.1 Å². The van der Waals surface area contributed by atoms with Gasteiger partial charge in [-0.1, -0.05) is 37.3 Å². The molecule has 2 heteroatoms. The lowest BCUT2D eigenvalue weighted by Crippen LogP contribution is -2.06. The number of methoxy groups -OCH3 is 1. The first-order chi connectivity index (χ1) is 11.3. The Morgan fingerprint density at radius 1 is 1.04 bits per heavy atom. The van der Waals surface area contributed by atoms with E-state index in [1.165, 1.54) is 33.5 Å². The van der Waals surface area contributed by atoms with Crippen LogP contribution in [0.25, 0.3) is 11.3 Å². The zero-order chi connectivity index (χ0) is 15.8. The molecule has 4 rings (SSSR count). The van der Waals surface area contributed by atoms with Gasteiger partial charge in [0.2, 0.25) is 0 Å². The van der Waals surface area contributed by atoms with Gasteiger partial charge in [0.05, 0.1) is 7.11 Å². The van der Waals surface area contributed by atoms with Crippen LogP contribution in [-0.2, 0) is 12.8 Å². The fraction of sp³-hybridized carbons (Fsp3) is 0.238. The number of hydrogen-bond acceptors (Lipinski definition) is 1. The van der Waals surface area contributed by atoms with Gasteiger partial charge in [-0.15, -0.1) is 0 Å². The van der Waals surface area contributed by atoms with Crippen molar-refractivity contribution in [1.29, 1.82) is 0 Å². The number of nitrogens with one attached hydrogen (secondary N) is 1. The number of aromatic nitrogens is 1. The highest BCUT2D eigenvalue weighted by Gasteiger charge is 2.23. The second-order valence-electron chi connectivity index (χ2n) is 6.25. The van der Waals surface area contributed by atoms with Gasteiger partial charge in [0.15, 0.2) is 0 Å². The molecule has 0 saturated heterocycles. The van der Waals surface area contributed by atoms with E-state index in [1.807, 2.05) is 0 Å². The first kappa shape index (κ1) is 14.1.